The van der Waals surface area contributed by atoms with Gasteiger partial charge in [0.05, 0.1) is 18.8 Å². The molecule has 0 aliphatic heterocycles. The number of aliphatic hydroxyl groups excluding tert-OH is 2. The van der Waals surface area contributed by atoms with Crippen LogP contribution >= 0.6 is 0 Å². The molecule has 0 heterocycles. The third kappa shape index (κ3) is 47.5. The summed E-state index contributed by atoms with van der Waals surface area (Å²) in [4.78, 5) is 12.4. The monoisotopic (exact) mass is 828 g/mol. The van der Waals surface area contributed by atoms with Crippen molar-refractivity contribution in [3.8, 4) is 0 Å². The smallest absolute Gasteiger partial charge is 0.220 e. The number of nitrogens with one attached hydrogen (secondary N) is 1. The maximum atomic E-state index is 12.4. The van der Waals surface area contributed by atoms with Gasteiger partial charge in [0, 0.05) is 6.42 Å². The van der Waals surface area contributed by atoms with Gasteiger partial charge in [-0.3, -0.25) is 4.79 Å². The van der Waals surface area contributed by atoms with Crippen LogP contribution in [0.25, 0.3) is 0 Å². The van der Waals surface area contributed by atoms with Crippen molar-refractivity contribution >= 4 is 5.91 Å². The van der Waals surface area contributed by atoms with Crippen molar-refractivity contribution in [2.75, 3.05) is 6.61 Å². The van der Waals surface area contributed by atoms with Gasteiger partial charge < -0.3 is 15.5 Å². The van der Waals surface area contributed by atoms with E-state index >= 15 is 0 Å². The van der Waals surface area contributed by atoms with Crippen LogP contribution in [0.1, 0.15) is 290 Å². The molecule has 0 saturated carbocycles. The summed E-state index contributed by atoms with van der Waals surface area (Å²) < 4.78 is 0. The first-order valence-electron chi connectivity index (χ1n) is 26.7. The molecule has 0 aliphatic carbocycles. The molecule has 4 nitrogen and oxygen atoms in total. The lowest BCUT2D eigenvalue weighted by Gasteiger charge is -2.19. The van der Waals surface area contributed by atoms with E-state index in [1.165, 1.54) is 231 Å². The molecule has 2 atom stereocenters. The Morgan fingerprint density at radius 3 is 0.983 bits per heavy atom. The average Bonchev–Trinajstić information content (AvgIpc) is 3.24. The lowest BCUT2D eigenvalue weighted by Crippen LogP contribution is -2.45. The number of carbonyl (C=O) groups is 1. The van der Waals surface area contributed by atoms with E-state index in [-0.39, 0.29) is 12.5 Å². The van der Waals surface area contributed by atoms with Crippen molar-refractivity contribution in [2.24, 2.45) is 0 Å². The van der Waals surface area contributed by atoms with Crippen molar-refractivity contribution in [1.82, 2.24) is 5.32 Å². The summed E-state index contributed by atoms with van der Waals surface area (Å²) in [6.07, 6.45) is 68.7. The van der Waals surface area contributed by atoms with Crippen molar-refractivity contribution < 1.29 is 15.0 Å². The van der Waals surface area contributed by atoms with Crippen LogP contribution in [0.3, 0.4) is 0 Å². The SMILES string of the molecule is CCCCCCCCCCC/C=C/CC/C=C/CC/C=C/C(O)C(CO)NC(=O)CCCCCCCCCCCCCCCCCCCCCCCCCCCCCC. The number of carbonyl (C=O) groups excluding carboxylic acids is 1. The van der Waals surface area contributed by atoms with E-state index in [2.05, 4.69) is 43.5 Å². The Bertz CT molecular complexity index is 897. The number of amides is 1. The number of aliphatic hydroxyl groups is 2. The van der Waals surface area contributed by atoms with Gasteiger partial charge in [0.25, 0.3) is 0 Å². The molecule has 1 amide bonds. The molecule has 0 rings (SSSR count). The molecule has 0 spiro atoms. The van der Waals surface area contributed by atoms with Crippen LogP contribution in [0.15, 0.2) is 36.5 Å². The van der Waals surface area contributed by atoms with Gasteiger partial charge in [0.2, 0.25) is 5.91 Å². The zero-order valence-electron chi connectivity index (χ0n) is 40.0. The summed E-state index contributed by atoms with van der Waals surface area (Å²) >= 11 is 0. The zero-order chi connectivity index (χ0) is 42.8. The summed E-state index contributed by atoms with van der Waals surface area (Å²) in [7, 11) is 0. The highest BCUT2D eigenvalue weighted by atomic mass is 16.3. The van der Waals surface area contributed by atoms with Crippen molar-refractivity contribution in [3.05, 3.63) is 36.5 Å². The Kier molecular flexibility index (Phi) is 49.8. The molecule has 0 aliphatic rings. The normalized spacial score (nSPS) is 13.1. The number of hydrogen-bond donors (Lipinski definition) is 3. The van der Waals surface area contributed by atoms with Crippen molar-refractivity contribution in [2.45, 2.75) is 302 Å². The summed E-state index contributed by atoms with van der Waals surface area (Å²) in [5.74, 6) is -0.0727. The maximum Gasteiger partial charge on any atom is 0.220 e. The highest BCUT2D eigenvalue weighted by molar-refractivity contribution is 5.76. The molecule has 0 bridgehead atoms. The first-order chi connectivity index (χ1) is 29.2. The highest BCUT2D eigenvalue weighted by Crippen LogP contribution is 2.17. The van der Waals surface area contributed by atoms with E-state index in [1.54, 1.807) is 6.08 Å². The molecule has 4 heteroatoms. The first kappa shape index (κ1) is 57.6. The van der Waals surface area contributed by atoms with Crippen LogP contribution < -0.4 is 5.32 Å². The number of allylic oxidation sites excluding steroid dienone is 5. The number of rotatable bonds is 49. The lowest BCUT2D eigenvalue weighted by molar-refractivity contribution is -0.123. The Morgan fingerprint density at radius 2 is 0.661 bits per heavy atom. The minimum atomic E-state index is -0.868. The molecule has 0 aromatic heterocycles. The third-order valence-electron chi connectivity index (χ3n) is 12.4. The molecule has 0 aromatic rings. The second kappa shape index (κ2) is 51.0. The molecule has 0 radical (unpaired) electrons. The molecule has 0 fully saturated rings. The molecule has 0 saturated heterocycles. The molecular formula is C55H105NO3. The van der Waals surface area contributed by atoms with E-state index < -0.39 is 12.1 Å². The summed E-state index contributed by atoms with van der Waals surface area (Å²) in [6.45, 7) is 4.32. The topological polar surface area (TPSA) is 69.6 Å². The first-order valence-corrected chi connectivity index (χ1v) is 26.7. The average molecular weight is 828 g/mol. The van der Waals surface area contributed by atoms with Crippen LogP contribution in [0.4, 0.5) is 0 Å². The fourth-order valence-electron chi connectivity index (χ4n) is 8.27. The van der Waals surface area contributed by atoms with Crippen molar-refractivity contribution in [3.63, 3.8) is 0 Å². The van der Waals surface area contributed by atoms with E-state index in [9.17, 15) is 15.0 Å². The molecule has 2 unspecified atom stereocenters. The summed E-state index contributed by atoms with van der Waals surface area (Å²) in [6, 6.07) is -0.643. The van der Waals surface area contributed by atoms with Gasteiger partial charge in [-0.1, -0.05) is 275 Å². The summed E-state index contributed by atoms with van der Waals surface area (Å²) in [5, 5.41) is 23.1. The van der Waals surface area contributed by atoms with Gasteiger partial charge in [-0.15, -0.1) is 0 Å². The van der Waals surface area contributed by atoms with Crippen molar-refractivity contribution in [1.29, 1.82) is 0 Å². The zero-order valence-corrected chi connectivity index (χ0v) is 40.0. The van der Waals surface area contributed by atoms with Gasteiger partial charge in [-0.2, -0.15) is 0 Å². The fraction of sp³-hybridized carbons (Fsp3) is 0.873. The van der Waals surface area contributed by atoms with Crippen LogP contribution in [-0.2, 0) is 4.79 Å². The molecule has 0 aromatic carbocycles. The van der Waals surface area contributed by atoms with Gasteiger partial charge in [-0.25, -0.2) is 0 Å². The Labute approximate surface area is 370 Å². The van der Waals surface area contributed by atoms with Gasteiger partial charge >= 0.3 is 0 Å². The third-order valence-corrected chi connectivity index (χ3v) is 12.4. The van der Waals surface area contributed by atoms with Gasteiger partial charge in [0.15, 0.2) is 0 Å². The number of unbranched alkanes of at least 4 members (excludes halogenated alkanes) is 38. The Hall–Kier alpha value is -1.39. The largest absolute Gasteiger partial charge is 0.394 e. The lowest BCUT2D eigenvalue weighted by atomic mass is 10.0. The molecule has 348 valence electrons. The number of hydrogen-bond acceptors (Lipinski definition) is 3. The van der Waals surface area contributed by atoms with Gasteiger partial charge in [0.1, 0.15) is 0 Å². The minimum absolute atomic E-state index is 0.0727. The van der Waals surface area contributed by atoms with Crippen LogP contribution in [0.5, 0.6) is 0 Å². The van der Waals surface area contributed by atoms with Crippen LogP contribution in [-0.4, -0.2) is 34.9 Å². The second-order valence-corrected chi connectivity index (χ2v) is 18.3. The second-order valence-electron chi connectivity index (χ2n) is 18.3. The van der Waals surface area contributed by atoms with E-state index in [4.69, 9.17) is 0 Å². The maximum absolute atomic E-state index is 12.4. The molecule has 3 N–H and O–H groups in total. The molecule has 59 heavy (non-hydrogen) atoms. The van der Waals surface area contributed by atoms with Crippen LogP contribution in [0.2, 0.25) is 0 Å². The van der Waals surface area contributed by atoms with E-state index in [1.807, 2.05) is 6.08 Å². The molecular weight excluding hydrogens is 723 g/mol. The predicted octanol–water partition coefficient (Wildman–Crippen LogP) is 17.3. The summed E-state index contributed by atoms with van der Waals surface area (Å²) in [5.41, 5.74) is 0. The van der Waals surface area contributed by atoms with E-state index in [0.717, 1.165) is 38.5 Å². The fourth-order valence-corrected chi connectivity index (χ4v) is 8.27. The minimum Gasteiger partial charge on any atom is -0.394 e. The standard InChI is InChI=1S/C55H105NO3/c1-3-5-7-9-11-13-15-17-19-21-23-24-25-26-27-28-29-30-31-33-35-37-39-41-43-45-47-49-51-55(59)56-53(52-57)54(58)50-48-46-44-42-40-38-36-34-32-22-20-18-16-14-12-10-8-6-4-2/h32,34,40,42,48,50,53-54,57-58H,3-31,33,35-39,41,43-47,49,51-52H2,1-2H3,(H,56,59)/b34-32+,42-40+,50-48+. The highest BCUT2D eigenvalue weighted by Gasteiger charge is 2.17. The van der Waals surface area contributed by atoms with Gasteiger partial charge in [-0.05, 0) is 44.9 Å². The van der Waals surface area contributed by atoms with E-state index in [0.29, 0.717) is 6.42 Å². The quantitative estimate of drug-likeness (QED) is 0.0423. The van der Waals surface area contributed by atoms with Crippen LogP contribution in [0, 0.1) is 0 Å². The predicted molar refractivity (Wildman–Crippen MR) is 262 cm³/mol. The Balaban J connectivity index is 3.51. The Morgan fingerprint density at radius 1 is 0.390 bits per heavy atom.